The lowest BCUT2D eigenvalue weighted by Crippen LogP contribution is -2.24. The summed E-state index contributed by atoms with van der Waals surface area (Å²) in [6.07, 6.45) is 5.30. The number of nitriles is 1. The van der Waals surface area contributed by atoms with Crippen LogP contribution < -0.4 is 5.32 Å². The fourth-order valence-electron chi connectivity index (χ4n) is 3.39. The highest BCUT2D eigenvalue weighted by atomic mass is 16.1. The highest BCUT2D eigenvalue weighted by molar-refractivity contribution is 5.92. The van der Waals surface area contributed by atoms with E-state index in [1.165, 1.54) is 44.3 Å². The summed E-state index contributed by atoms with van der Waals surface area (Å²) in [4.78, 5) is 19.0. The molecule has 0 atom stereocenters. The number of amides is 1. The minimum absolute atomic E-state index is 0.226. The molecule has 1 aromatic heterocycles. The Morgan fingerprint density at radius 1 is 1.07 bits per heavy atom. The molecule has 1 amide bonds. The van der Waals surface area contributed by atoms with Crippen molar-refractivity contribution in [3.05, 3.63) is 64.5 Å². The molecule has 5 nitrogen and oxygen atoms in total. The van der Waals surface area contributed by atoms with Crippen molar-refractivity contribution in [2.75, 3.05) is 13.1 Å². The first-order valence-corrected chi connectivity index (χ1v) is 9.62. The van der Waals surface area contributed by atoms with E-state index in [9.17, 15) is 4.79 Å². The predicted octanol–water partition coefficient (Wildman–Crippen LogP) is 3.57. The van der Waals surface area contributed by atoms with Crippen LogP contribution in [0.4, 0.5) is 0 Å². The van der Waals surface area contributed by atoms with Crippen molar-refractivity contribution in [1.29, 1.82) is 5.26 Å². The number of benzene rings is 1. The molecule has 3 rings (SSSR count). The molecule has 0 bridgehead atoms. The van der Waals surface area contributed by atoms with Crippen molar-refractivity contribution >= 4 is 5.91 Å². The van der Waals surface area contributed by atoms with Crippen molar-refractivity contribution in [2.24, 2.45) is 0 Å². The lowest BCUT2D eigenvalue weighted by Gasteiger charge is -2.19. The Labute approximate surface area is 161 Å². The molecule has 2 heterocycles. The topological polar surface area (TPSA) is 69.0 Å². The Bertz CT molecular complexity index is 815. The van der Waals surface area contributed by atoms with Gasteiger partial charge in [-0.25, -0.2) is 4.98 Å². The second kappa shape index (κ2) is 9.29. The van der Waals surface area contributed by atoms with E-state index in [0.29, 0.717) is 23.5 Å². The van der Waals surface area contributed by atoms with Gasteiger partial charge in [0, 0.05) is 13.1 Å². The Kier molecular flexibility index (Phi) is 6.56. The SMILES string of the molecule is Cc1nc(C(=O)NCc2ccc(CN3CCCCCC3)cc2)ccc1C#N. The maximum atomic E-state index is 12.3. The van der Waals surface area contributed by atoms with Crippen LogP contribution in [0.5, 0.6) is 0 Å². The monoisotopic (exact) mass is 362 g/mol. The summed E-state index contributed by atoms with van der Waals surface area (Å²) in [5, 5.41) is 11.8. The van der Waals surface area contributed by atoms with E-state index in [1.807, 2.05) is 0 Å². The molecule has 0 spiro atoms. The number of aryl methyl sites for hydroxylation is 1. The Hall–Kier alpha value is -2.71. The zero-order valence-corrected chi connectivity index (χ0v) is 15.9. The fraction of sp³-hybridized carbons (Fsp3) is 0.409. The highest BCUT2D eigenvalue weighted by Crippen LogP contribution is 2.14. The number of pyridine rings is 1. The molecular formula is C22H26N4O. The second-order valence-electron chi connectivity index (χ2n) is 7.13. The van der Waals surface area contributed by atoms with E-state index in [1.54, 1.807) is 19.1 Å². The number of nitrogens with zero attached hydrogens (tertiary/aromatic N) is 3. The van der Waals surface area contributed by atoms with Crippen molar-refractivity contribution < 1.29 is 4.79 Å². The van der Waals surface area contributed by atoms with Crippen LogP contribution in [0.25, 0.3) is 0 Å². The number of hydrogen-bond acceptors (Lipinski definition) is 4. The number of likely N-dealkylation sites (tertiary alicyclic amines) is 1. The molecule has 140 valence electrons. The maximum Gasteiger partial charge on any atom is 0.270 e. The third-order valence-corrected chi connectivity index (χ3v) is 5.02. The van der Waals surface area contributed by atoms with Gasteiger partial charge in [-0.3, -0.25) is 9.69 Å². The van der Waals surface area contributed by atoms with Gasteiger partial charge in [-0.1, -0.05) is 37.1 Å². The van der Waals surface area contributed by atoms with Gasteiger partial charge < -0.3 is 5.32 Å². The van der Waals surface area contributed by atoms with E-state index >= 15 is 0 Å². The summed E-state index contributed by atoms with van der Waals surface area (Å²) in [6.45, 7) is 5.58. The zero-order valence-electron chi connectivity index (χ0n) is 15.9. The molecule has 1 saturated heterocycles. The molecule has 1 aliphatic rings. The minimum atomic E-state index is -0.226. The average molecular weight is 362 g/mol. The lowest BCUT2D eigenvalue weighted by atomic mass is 10.1. The molecule has 1 fully saturated rings. The third kappa shape index (κ3) is 5.38. The molecular weight excluding hydrogens is 336 g/mol. The van der Waals surface area contributed by atoms with E-state index in [-0.39, 0.29) is 5.91 Å². The number of hydrogen-bond donors (Lipinski definition) is 1. The van der Waals surface area contributed by atoms with Gasteiger partial charge in [0.1, 0.15) is 11.8 Å². The predicted molar refractivity (Wildman–Crippen MR) is 105 cm³/mol. The van der Waals surface area contributed by atoms with Gasteiger partial charge in [0.15, 0.2) is 0 Å². The standard InChI is InChI=1S/C22H26N4O/c1-17-20(14-23)10-11-21(25-17)22(27)24-15-18-6-8-19(9-7-18)16-26-12-4-2-3-5-13-26/h6-11H,2-5,12-13,15-16H2,1H3,(H,24,27). The van der Waals surface area contributed by atoms with Crippen LogP contribution >= 0.6 is 0 Å². The Morgan fingerprint density at radius 2 is 1.74 bits per heavy atom. The summed E-state index contributed by atoms with van der Waals surface area (Å²) in [5.74, 6) is -0.226. The molecule has 0 aliphatic carbocycles. The fourth-order valence-corrected chi connectivity index (χ4v) is 3.39. The first-order valence-electron chi connectivity index (χ1n) is 9.62. The number of carbonyl (C=O) groups excluding carboxylic acids is 1. The molecule has 0 radical (unpaired) electrons. The van der Waals surface area contributed by atoms with E-state index in [2.05, 4.69) is 45.5 Å². The van der Waals surface area contributed by atoms with Crippen LogP contribution in [0, 0.1) is 18.3 Å². The molecule has 1 N–H and O–H groups in total. The van der Waals surface area contributed by atoms with Crippen LogP contribution in [0.15, 0.2) is 36.4 Å². The molecule has 5 heteroatoms. The van der Waals surface area contributed by atoms with Gasteiger partial charge in [0.2, 0.25) is 0 Å². The quantitative estimate of drug-likeness (QED) is 0.883. The smallest absolute Gasteiger partial charge is 0.270 e. The average Bonchev–Trinajstić information content (AvgIpc) is 2.96. The highest BCUT2D eigenvalue weighted by Gasteiger charge is 2.11. The van der Waals surface area contributed by atoms with Crippen LogP contribution in [-0.2, 0) is 13.1 Å². The number of nitrogens with one attached hydrogen (secondary N) is 1. The Balaban J connectivity index is 1.53. The summed E-state index contributed by atoms with van der Waals surface area (Å²) < 4.78 is 0. The third-order valence-electron chi connectivity index (χ3n) is 5.02. The van der Waals surface area contributed by atoms with Gasteiger partial charge in [-0.15, -0.1) is 0 Å². The minimum Gasteiger partial charge on any atom is -0.347 e. The van der Waals surface area contributed by atoms with Crippen LogP contribution in [0.3, 0.4) is 0 Å². The van der Waals surface area contributed by atoms with Crippen LogP contribution in [0.2, 0.25) is 0 Å². The van der Waals surface area contributed by atoms with Gasteiger partial charge in [0.25, 0.3) is 5.91 Å². The first-order chi connectivity index (χ1) is 13.2. The summed E-state index contributed by atoms with van der Waals surface area (Å²) >= 11 is 0. The summed E-state index contributed by atoms with van der Waals surface area (Å²) in [6, 6.07) is 13.7. The molecule has 1 aromatic carbocycles. The maximum absolute atomic E-state index is 12.3. The molecule has 1 aliphatic heterocycles. The molecule has 27 heavy (non-hydrogen) atoms. The zero-order chi connectivity index (χ0) is 19.1. The molecule has 0 saturated carbocycles. The van der Waals surface area contributed by atoms with Crippen molar-refractivity contribution in [3.8, 4) is 6.07 Å². The molecule has 2 aromatic rings. The van der Waals surface area contributed by atoms with E-state index in [0.717, 1.165) is 12.1 Å². The van der Waals surface area contributed by atoms with Crippen LogP contribution in [-0.4, -0.2) is 28.9 Å². The summed E-state index contributed by atoms with van der Waals surface area (Å²) in [7, 11) is 0. The Morgan fingerprint density at radius 3 is 2.37 bits per heavy atom. The normalized spacial score (nSPS) is 15.0. The second-order valence-corrected chi connectivity index (χ2v) is 7.13. The van der Waals surface area contributed by atoms with Gasteiger partial charge in [-0.2, -0.15) is 5.26 Å². The first kappa shape index (κ1) is 19.1. The van der Waals surface area contributed by atoms with Crippen molar-refractivity contribution in [3.63, 3.8) is 0 Å². The largest absolute Gasteiger partial charge is 0.347 e. The van der Waals surface area contributed by atoms with Gasteiger partial charge in [-0.05, 0) is 56.1 Å². The van der Waals surface area contributed by atoms with E-state index < -0.39 is 0 Å². The van der Waals surface area contributed by atoms with Crippen molar-refractivity contribution in [1.82, 2.24) is 15.2 Å². The summed E-state index contributed by atoms with van der Waals surface area (Å²) in [5.41, 5.74) is 3.78. The van der Waals surface area contributed by atoms with Gasteiger partial charge >= 0.3 is 0 Å². The molecule has 0 unspecified atom stereocenters. The number of carbonyl (C=O) groups is 1. The lowest BCUT2D eigenvalue weighted by molar-refractivity contribution is 0.0945. The van der Waals surface area contributed by atoms with Gasteiger partial charge in [0.05, 0.1) is 11.3 Å². The van der Waals surface area contributed by atoms with Crippen molar-refractivity contribution in [2.45, 2.75) is 45.7 Å². The number of rotatable bonds is 5. The van der Waals surface area contributed by atoms with E-state index in [4.69, 9.17) is 5.26 Å². The van der Waals surface area contributed by atoms with Crippen LogP contribution in [0.1, 0.15) is 58.6 Å². The number of aromatic nitrogens is 1.